The number of thiophene rings is 1. The average molecular weight is 290 g/mol. The van der Waals surface area contributed by atoms with E-state index in [1.165, 1.54) is 10.4 Å². The summed E-state index contributed by atoms with van der Waals surface area (Å²) in [7, 11) is 0. The van der Waals surface area contributed by atoms with Crippen LogP contribution < -0.4 is 5.32 Å². The molecule has 3 heterocycles. The minimum absolute atomic E-state index is 0.716. The van der Waals surface area contributed by atoms with Gasteiger partial charge in [0.1, 0.15) is 17.2 Å². The van der Waals surface area contributed by atoms with E-state index in [2.05, 4.69) is 39.5 Å². The van der Waals surface area contributed by atoms with E-state index in [0.717, 1.165) is 27.5 Å². The van der Waals surface area contributed by atoms with E-state index in [4.69, 9.17) is 0 Å². The molecule has 0 unspecified atom stereocenters. The molecule has 3 aromatic heterocycles. The minimum Gasteiger partial charge on any atom is -0.362 e. The first-order valence-electron chi connectivity index (χ1n) is 6.14. The van der Waals surface area contributed by atoms with Crippen LogP contribution in [0.15, 0.2) is 17.9 Å². The second-order valence-electron chi connectivity index (χ2n) is 4.25. The molecule has 0 aromatic carbocycles. The number of thiazole rings is 1. The first-order chi connectivity index (χ1) is 9.28. The Morgan fingerprint density at radius 2 is 2.16 bits per heavy atom. The number of aromatic nitrogens is 3. The van der Waals surface area contributed by atoms with Gasteiger partial charge in [-0.2, -0.15) is 0 Å². The number of hydrogen-bond acceptors (Lipinski definition) is 6. The molecule has 0 aliphatic carbocycles. The fourth-order valence-corrected chi connectivity index (χ4v) is 3.62. The number of nitrogens with zero attached hydrogens (tertiary/aromatic N) is 3. The highest BCUT2D eigenvalue weighted by molar-refractivity contribution is 7.18. The van der Waals surface area contributed by atoms with Crippen molar-refractivity contribution in [2.75, 3.05) is 5.32 Å². The highest BCUT2D eigenvalue weighted by Gasteiger charge is 2.08. The van der Waals surface area contributed by atoms with E-state index >= 15 is 0 Å². The smallest absolute Gasteiger partial charge is 0.147 e. The van der Waals surface area contributed by atoms with Crippen LogP contribution in [0.25, 0.3) is 10.2 Å². The Balaban J connectivity index is 1.81. The molecule has 3 rings (SSSR count). The summed E-state index contributed by atoms with van der Waals surface area (Å²) in [6.45, 7) is 4.94. The van der Waals surface area contributed by atoms with E-state index in [0.29, 0.717) is 6.54 Å². The number of hydrogen-bond donors (Lipinski definition) is 1. The molecule has 0 atom stereocenters. The van der Waals surface area contributed by atoms with Crippen molar-refractivity contribution in [3.8, 4) is 0 Å². The topological polar surface area (TPSA) is 50.7 Å². The van der Waals surface area contributed by atoms with Gasteiger partial charge in [0.2, 0.25) is 0 Å². The lowest BCUT2D eigenvalue weighted by atomic mass is 10.3. The van der Waals surface area contributed by atoms with E-state index in [9.17, 15) is 0 Å². The Morgan fingerprint density at radius 3 is 2.95 bits per heavy atom. The molecule has 1 N–H and O–H groups in total. The van der Waals surface area contributed by atoms with Gasteiger partial charge in [0.05, 0.1) is 16.8 Å². The minimum atomic E-state index is 0.716. The molecule has 0 aliphatic rings. The number of fused-ring (bicyclic) bond motifs is 1. The summed E-state index contributed by atoms with van der Waals surface area (Å²) in [5.41, 5.74) is 2.24. The van der Waals surface area contributed by atoms with Crippen molar-refractivity contribution in [1.29, 1.82) is 0 Å². The number of aryl methyl sites for hydroxylation is 2. The van der Waals surface area contributed by atoms with Crippen LogP contribution in [0.3, 0.4) is 0 Å². The lowest BCUT2D eigenvalue weighted by Crippen LogP contribution is -2.01. The van der Waals surface area contributed by atoms with Crippen LogP contribution in [0.5, 0.6) is 0 Å². The maximum atomic E-state index is 4.40. The third-order valence-corrected chi connectivity index (χ3v) is 5.12. The van der Waals surface area contributed by atoms with Crippen LogP contribution in [0.1, 0.15) is 22.4 Å². The van der Waals surface area contributed by atoms with Gasteiger partial charge < -0.3 is 5.32 Å². The Kier molecular flexibility index (Phi) is 3.44. The molecule has 0 fully saturated rings. The molecule has 0 radical (unpaired) electrons. The van der Waals surface area contributed by atoms with Crippen molar-refractivity contribution in [2.24, 2.45) is 0 Å². The maximum absolute atomic E-state index is 4.40. The number of anilines is 1. The van der Waals surface area contributed by atoms with Crippen molar-refractivity contribution >= 4 is 38.7 Å². The summed E-state index contributed by atoms with van der Waals surface area (Å²) >= 11 is 3.43. The van der Waals surface area contributed by atoms with Crippen molar-refractivity contribution in [1.82, 2.24) is 15.0 Å². The van der Waals surface area contributed by atoms with Crippen LogP contribution in [0, 0.1) is 6.92 Å². The van der Waals surface area contributed by atoms with E-state index in [1.54, 1.807) is 29.0 Å². The number of nitrogens with one attached hydrogen (secondary N) is 1. The van der Waals surface area contributed by atoms with Crippen molar-refractivity contribution in [3.63, 3.8) is 0 Å². The Labute approximate surface area is 119 Å². The second-order valence-corrected chi connectivity index (χ2v) is 6.33. The van der Waals surface area contributed by atoms with Crippen LogP contribution in [-0.4, -0.2) is 15.0 Å². The summed E-state index contributed by atoms with van der Waals surface area (Å²) in [4.78, 5) is 14.4. The zero-order chi connectivity index (χ0) is 13.2. The highest BCUT2D eigenvalue weighted by Crippen LogP contribution is 2.28. The Hall–Kier alpha value is -1.53. The molecule has 3 aromatic rings. The van der Waals surface area contributed by atoms with Crippen LogP contribution in [-0.2, 0) is 13.0 Å². The lowest BCUT2D eigenvalue weighted by Gasteiger charge is -2.03. The molecule has 98 valence electrons. The maximum Gasteiger partial charge on any atom is 0.147 e. The molecule has 0 bridgehead atoms. The van der Waals surface area contributed by atoms with Gasteiger partial charge in [0, 0.05) is 11.1 Å². The van der Waals surface area contributed by atoms with Crippen molar-refractivity contribution in [2.45, 2.75) is 26.8 Å². The SMILES string of the molecule is CCc1cnc(CNc2ncnc3c(C)csc23)s1. The summed E-state index contributed by atoms with van der Waals surface area (Å²) in [5.74, 6) is 0.899. The highest BCUT2D eigenvalue weighted by atomic mass is 32.1. The molecule has 0 saturated carbocycles. The summed E-state index contributed by atoms with van der Waals surface area (Å²) in [6, 6.07) is 0. The lowest BCUT2D eigenvalue weighted by molar-refractivity contribution is 1.07. The fraction of sp³-hybridized carbons (Fsp3) is 0.308. The zero-order valence-corrected chi connectivity index (χ0v) is 12.4. The standard InChI is InChI=1S/C13H14N4S2/c1-3-9-4-14-10(19-9)5-15-13-12-11(16-7-17-13)8(2)6-18-12/h4,6-7H,3,5H2,1-2H3,(H,15,16,17). The van der Waals surface area contributed by atoms with Crippen molar-refractivity contribution < 1.29 is 0 Å². The van der Waals surface area contributed by atoms with Gasteiger partial charge in [-0.1, -0.05) is 6.92 Å². The molecule has 6 heteroatoms. The molecule has 0 saturated heterocycles. The second kappa shape index (κ2) is 5.22. The van der Waals surface area contributed by atoms with Gasteiger partial charge in [-0.15, -0.1) is 22.7 Å². The molecule has 0 amide bonds. The van der Waals surface area contributed by atoms with Gasteiger partial charge in [0.15, 0.2) is 0 Å². The molecule has 4 nitrogen and oxygen atoms in total. The molecular formula is C13H14N4S2. The Bertz CT molecular complexity index is 702. The molecule has 0 spiro atoms. The third-order valence-electron chi connectivity index (χ3n) is 2.89. The van der Waals surface area contributed by atoms with Gasteiger partial charge in [0.25, 0.3) is 0 Å². The van der Waals surface area contributed by atoms with Gasteiger partial charge >= 0.3 is 0 Å². The Morgan fingerprint density at radius 1 is 1.26 bits per heavy atom. The largest absolute Gasteiger partial charge is 0.362 e. The average Bonchev–Trinajstić information content (AvgIpc) is 3.04. The van der Waals surface area contributed by atoms with E-state index in [1.807, 2.05) is 6.20 Å². The molecule has 0 aliphatic heterocycles. The van der Waals surface area contributed by atoms with Crippen LogP contribution in [0.4, 0.5) is 5.82 Å². The third kappa shape index (κ3) is 2.46. The van der Waals surface area contributed by atoms with E-state index < -0.39 is 0 Å². The first-order valence-corrected chi connectivity index (χ1v) is 7.83. The fourth-order valence-electron chi connectivity index (χ4n) is 1.85. The van der Waals surface area contributed by atoms with Gasteiger partial charge in [-0.25, -0.2) is 15.0 Å². The first kappa shape index (κ1) is 12.5. The van der Waals surface area contributed by atoms with E-state index in [-0.39, 0.29) is 0 Å². The number of rotatable bonds is 4. The van der Waals surface area contributed by atoms with Crippen molar-refractivity contribution in [3.05, 3.63) is 33.4 Å². The summed E-state index contributed by atoms with van der Waals surface area (Å²) < 4.78 is 1.12. The zero-order valence-electron chi connectivity index (χ0n) is 10.8. The predicted molar refractivity (Wildman–Crippen MR) is 81.0 cm³/mol. The van der Waals surface area contributed by atoms with Crippen LogP contribution in [0.2, 0.25) is 0 Å². The predicted octanol–water partition coefficient (Wildman–Crippen LogP) is 3.63. The monoisotopic (exact) mass is 290 g/mol. The summed E-state index contributed by atoms with van der Waals surface area (Å²) in [5, 5.41) is 6.57. The van der Waals surface area contributed by atoms with Gasteiger partial charge in [-0.3, -0.25) is 0 Å². The van der Waals surface area contributed by atoms with Gasteiger partial charge in [-0.05, 0) is 24.3 Å². The summed E-state index contributed by atoms with van der Waals surface area (Å²) in [6.07, 6.45) is 4.61. The molecular weight excluding hydrogens is 276 g/mol. The molecule has 19 heavy (non-hydrogen) atoms. The van der Waals surface area contributed by atoms with Crippen LogP contribution >= 0.6 is 22.7 Å². The quantitative estimate of drug-likeness (QED) is 0.797. The normalized spacial score (nSPS) is 11.1.